The number of allylic oxidation sites excluding steroid dienone is 1. The molecule has 2 fully saturated rings. The van der Waals surface area contributed by atoms with Gasteiger partial charge in [-0.1, -0.05) is 69.8 Å². The zero-order chi connectivity index (χ0) is 32.4. The molecule has 12 atom stereocenters. The van der Waals surface area contributed by atoms with Crippen molar-refractivity contribution in [3.8, 4) is 0 Å². The summed E-state index contributed by atoms with van der Waals surface area (Å²) < 4.78 is 0. The maximum atomic E-state index is 12.2. The number of aliphatic carboxylic acids is 1. The first-order valence-corrected chi connectivity index (χ1v) is 18.7. The average Bonchev–Trinajstić information content (AvgIpc) is 3.28. The van der Waals surface area contributed by atoms with Gasteiger partial charge < -0.3 is 35.9 Å². The van der Waals surface area contributed by atoms with E-state index in [1.807, 2.05) is 6.08 Å². The highest BCUT2D eigenvalue weighted by Gasteiger charge is 2.55. The lowest BCUT2D eigenvalue weighted by atomic mass is 9.69. The first-order chi connectivity index (χ1) is 21.6. The molecule has 8 nitrogen and oxygen atoms in total. The Hall–Kier alpha value is -1.29. The molecule has 258 valence electrons. The zero-order valence-corrected chi connectivity index (χ0v) is 28.3. The van der Waals surface area contributed by atoms with Crippen LogP contribution in [-0.2, 0) is 4.79 Å². The molecule has 9 N–H and O–H groups in total. The summed E-state index contributed by atoms with van der Waals surface area (Å²) >= 11 is 0. The van der Waals surface area contributed by atoms with E-state index in [1.54, 1.807) is 0 Å². The van der Waals surface area contributed by atoms with E-state index in [2.05, 4.69) is 42.7 Å². The lowest BCUT2D eigenvalue weighted by Gasteiger charge is -2.41. The molecule has 4 aliphatic rings. The van der Waals surface area contributed by atoms with Crippen molar-refractivity contribution in [3.63, 3.8) is 0 Å². The second-order valence-corrected chi connectivity index (χ2v) is 15.4. The Balaban J connectivity index is 1.28. The van der Waals surface area contributed by atoms with Gasteiger partial charge in [-0.25, -0.2) is 0 Å². The molecule has 0 bridgehead atoms. The molecule has 0 aromatic rings. The van der Waals surface area contributed by atoms with Crippen LogP contribution in [0.1, 0.15) is 110 Å². The molecule has 1 heterocycles. The Morgan fingerprint density at radius 1 is 1.07 bits per heavy atom. The first-order valence-electron chi connectivity index (χ1n) is 18.7. The average molecular weight is 633 g/mol. The fraction of sp³-hybridized carbons (Fsp3) is 0.865. The van der Waals surface area contributed by atoms with Crippen LogP contribution in [0, 0.1) is 47.3 Å². The fourth-order valence-electron chi connectivity index (χ4n) is 9.47. The van der Waals surface area contributed by atoms with Gasteiger partial charge in [0.1, 0.15) is 6.17 Å². The predicted octanol–water partition coefficient (Wildman–Crippen LogP) is 1.59. The van der Waals surface area contributed by atoms with Crippen LogP contribution in [0.25, 0.3) is 0 Å². The Labute approximate surface area is 272 Å². The van der Waals surface area contributed by atoms with Crippen LogP contribution >= 0.6 is 0 Å². The van der Waals surface area contributed by atoms with Gasteiger partial charge in [0.2, 0.25) is 0 Å². The van der Waals surface area contributed by atoms with E-state index in [9.17, 15) is 25.2 Å². The van der Waals surface area contributed by atoms with E-state index < -0.39 is 29.5 Å². The third kappa shape index (κ3) is 10.1. The second kappa shape index (κ2) is 17.7. The molecule has 8 heteroatoms. The standard InChI is InChI=1S/C37H65N3O5/c1-3-5-7-10-25-13-14-27(33(41)20-25)11-8-6-9-12-30(36(43)44)35(42)28-15-16-32-31(19-26-17-18-40-34(38)21-26)29(24-39-4-2)23-37(32,45)22-28/h13-16,25-35,39-42,45H,3-12,17-24,38H2,1-2H3,(H,43,44)/p+1. The van der Waals surface area contributed by atoms with E-state index in [0.717, 1.165) is 71.0 Å². The minimum Gasteiger partial charge on any atom is -0.550 e. The number of carboxylic acids is 1. The monoisotopic (exact) mass is 632 g/mol. The molecule has 0 amide bonds. The molecule has 0 spiro atoms. The van der Waals surface area contributed by atoms with E-state index in [4.69, 9.17) is 5.73 Å². The van der Waals surface area contributed by atoms with Gasteiger partial charge in [-0.15, -0.1) is 0 Å². The van der Waals surface area contributed by atoms with Crippen molar-refractivity contribution in [1.29, 1.82) is 0 Å². The predicted molar refractivity (Wildman–Crippen MR) is 175 cm³/mol. The SMILES string of the molecule is CCCCCC1C=CC(CCCCCC(C(=O)[O-])C(O)C2C=CC3C(CC4CC[NH2+]C(N)C4)C(C[NH2+]CC)CC3(O)C2)C(O)C1. The Morgan fingerprint density at radius 2 is 1.87 bits per heavy atom. The Bertz CT molecular complexity index is 960. The maximum absolute atomic E-state index is 12.2. The lowest BCUT2D eigenvalue weighted by Crippen LogP contribution is -2.94. The van der Waals surface area contributed by atoms with Crippen LogP contribution in [0.2, 0.25) is 0 Å². The van der Waals surface area contributed by atoms with Gasteiger partial charge in [-0.2, -0.15) is 0 Å². The molecule has 0 radical (unpaired) electrons. The molecule has 0 aromatic heterocycles. The highest BCUT2D eigenvalue weighted by atomic mass is 16.4. The summed E-state index contributed by atoms with van der Waals surface area (Å²) in [6.07, 6.45) is 21.2. The number of piperidine rings is 1. The number of fused-ring (bicyclic) bond motifs is 1. The van der Waals surface area contributed by atoms with Crippen molar-refractivity contribution in [3.05, 3.63) is 24.3 Å². The number of aliphatic hydroxyl groups excluding tert-OH is 2. The van der Waals surface area contributed by atoms with Crippen molar-refractivity contribution >= 4 is 5.97 Å². The summed E-state index contributed by atoms with van der Waals surface area (Å²) in [6.45, 7) is 7.44. The number of nitrogens with two attached hydrogens (primary N) is 3. The van der Waals surface area contributed by atoms with Crippen LogP contribution in [-0.4, -0.2) is 64.9 Å². The van der Waals surface area contributed by atoms with E-state index in [0.29, 0.717) is 49.4 Å². The van der Waals surface area contributed by atoms with Gasteiger partial charge in [0, 0.05) is 42.0 Å². The van der Waals surface area contributed by atoms with Gasteiger partial charge in [0.15, 0.2) is 0 Å². The van der Waals surface area contributed by atoms with Gasteiger partial charge in [-0.05, 0) is 76.0 Å². The van der Waals surface area contributed by atoms with Gasteiger partial charge in [0.05, 0.1) is 37.4 Å². The summed E-state index contributed by atoms with van der Waals surface area (Å²) in [5.74, 6) is -0.498. The smallest absolute Gasteiger partial charge is 0.137 e. The molecule has 1 saturated carbocycles. The zero-order valence-electron chi connectivity index (χ0n) is 28.3. The Kier molecular flexibility index (Phi) is 14.4. The minimum absolute atomic E-state index is 0.0375. The number of hydrogen-bond acceptors (Lipinski definition) is 6. The fourth-order valence-corrected chi connectivity index (χ4v) is 9.47. The normalized spacial score (nSPS) is 37.8. The van der Waals surface area contributed by atoms with Crippen molar-refractivity contribution in [2.75, 3.05) is 19.6 Å². The molecule has 3 aliphatic carbocycles. The van der Waals surface area contributed by atoms with Crippen LogP contribution in [0.5, 0.6) is 0 Å². The van der Waals surface area contributed by atoms with Gasteiger partial charge in [-0.3, -0.25) is 5.73 Å². The van der Waals surface area contributed by atoms with Crippen molar-refractivity contribution in [2.24, 2.45) is 53.1 Å². The molecule has 1 saturated heterocycles. The summed E-state index contributed by atoms with van der Waals surface area (Å²) in [6, 6.07) is 0. The Morgan fingerprint density at radius 3 is 2.58 bits per heavy atom. The number of carboxylic acid groups (broad SMARTS) is 1. The quantitative estimate of drug-likeness (QED) is 0.0994. The van der Waals surface area contributed by atoms with Crippen molar-refractivity contribution in [1.82, 2.24) is 0 Å². The number of quaternary nitrogens is 2. The highest BCUT2D eigenvalue weighted by Crippen LogP contribution is 2.53. The molecule has 45 heavy (non-hydrogen) atoms. The molecular formula is C37H66N3O5+. The van der Waals surface area contributed by atoms with Crippen LogP contribution in [0.15, 0.2) is 24.3 Å². The number of rotatable bonds is 18. The molecule has 1 aliphatic heterocycles. The first kappa shape index (κ1) is 36.5. The van der Waals surface area contributed by atoms with Crippen molar-refractivity contribution in [2.45, 2.75) is 134 Å². The third-order valence-electron chi connectivity index (χ3n) is 12.0. The van der Waals surface area contributed by atoms with Gasteiger partial charge in [0.25, 0.3) is 0 Å². The molecule has 4 rings (SSSR count). The largest absolute Gasteiger partial charge is 0.550 e. The summed E-state index contributed by atoms with van der Waals surface area (Å²) in [5, 5.41) is 50.9. The summed E-state index contributed by atoms with van der Waals surface area (Å²) in [7, 11) is 0. The number of aliphatic hydroxyl groups is 3. The number of carbonyl (C=O) groups is 1. The topological polar surface area (TPSA) is 160 Å². The molecule has 12 unspecified atom stereocenters. The number of carbonyl (C=O) groups excluding carboxylic acids is 1. The number of unbranched alkanes of at least 4 members (excludes halogenated alkanes) is 4. The van der Waals surface area contributed by atoms with Crippen LogP contribution in [0.3, 0.4) is 0 Å². The molecule has 0 aromatic carbocycles. The van der Waals surface area contributed by atoms with Crippen molar-refractivity contribution < 1.29 is 35.9 Å². The second-order valence-electron chi connectivity index (χ2n) is 15.4. The molecular weight excluding hydrogens is 566 g/mol. The number of hydrogen-bond donors (Lipinski definition) is 6. The minimum atomic E-state index is -1.20. The summed E-state index contributed by atoms with van der Waals surface area (Å²) in [5.41, 5.74) is 5.35. The lowest BCUT2D eigenvalue weighted by molar-refractivity contribution is -0.699. The maximum Gasteiger partial charge on any atom is 0.137 e. The highest BCUT2D eigenvalue weighted by molar-refractivity contribution is 5.68. The van der Waals surface area contributed by atoms with Crippen LogP contribution in [0.4, 0.5) is 0 Å². The van der Waals surface area contributed by atoms with E-state index >= 15 is 0 Å². The third-order valence-corrected chi connectivity index (χ3v) is 12.0. The van der Waals surface area contributed by atoms with E-state index in [-0.39, 0.29) is 24.1 Å². The summed E-state index contributed by atoms with van der Waals surface area (Å²) in [4.78, 5) is 12.2. The van der Waals surface area contributed by atoms with Crippen LogP contribution < -0.4 is 21.5 Å². The van der Waals surface area contributed by atoms with E-state index in [1.165, 1.54) is 19.3 Å². The van der Waals surface area contributed by atoms with Gasteiger partial charge >= 0.3 is 0 Å².